The van der Waals surface area contributed by atoms with Crippen LogP contribution in [0, 0.1) is 0 Å². The molecule has 0 amide bonds. The third-order valence-electron chi connectivity index (χ3n) is 2.74. The third-order valence-corrected chi connectivity index (χ3v) is 3.23. The van der Waals surface area contributed by atoms with Crippen LogP contribution in [0.1, 0.15) is 17.3 Å². The minimum atomic E-state index is -0.164. The highest BCUT2D eigenvalue weighted by molar-refractivity contribution is 9.10. The van der Waals surface area contributed by atoms with Crippen molar-refractivity contribution in [1.29, 1.82) is 0 Å². The van der Waals surface area contributed by atoms with E-state index < -0.39 is 0 Å². The second-order valence-electron chi connectivity index (χ2n) is 3.77. The molecule has 2 N–H and O–H groups in total. The van der Waals surface area contributed by atoms with Crippen LogP contribution in [0.4, 0.5) is 0 Å². The second-order valence-corrected chi connectivity index (χ2v) is 4.68. The zero-order valence-corrected chi connectivity index (χ0v) is 10.8. The third kappa shape index (κ3) is 1.90. The van der Waals surface area contributed by atoms with Gasteiger partial charge in [-0.25, -0.2) is 0 Å². The van der Waals surface area contributed by atoms with Crippen molar-refractivity contribution in [3.63, 3.8) is 0 Å². The molecule has 1 unspecified atom stereocenters. The van der Waals surface area contributed by atoms with Gasteiger partial charge in [0, 0.05) is 27.1 Å². The Kier molecular flexibility index (Phi) is 3.12. The Morgan fingerprint density at radius 2 is 2.25 bits per heavy atom. The van der Waals surface area contributed by atoms with E-state index in [1.54, 1.807) is 13.2 Å². The van der Waals surface area contributed by atoms with E-state index >= 15 is 0 Å². The Labute approximate surface area is 102 Å². The van der Waals surface area contributed by atoms with E-state index in [0.717, 1.165) is 20.9 Å². The van der Waals surface area contributed by atoms with Crippen LogP contribution in [0.15, 0.2) is 28.9 Å². The van der Waals surface area contributed by atoms with Crippen molar-refractivity contribution in [3.8, 4) is 0 Å². The van der Waals surface area contributed by atoms with Crippen LogP contribution in [0.2, 0.25) is 0 Å². The highest BCUT2D eigenvalue weighted by Crippen LogP contribution is 2.23. The van der Waals surface area contributed by atoms with E-state index in [1.807, 2.05) is 25.1 Å². The predicted molar refractivity (Wildman–Crippen MR) is 68.9 cm³/mol. The summed E-state index contributed by atoms with van der Waals surface area (Å²) in [5.41, 5.74) is 1.71. The topological polar surface area (TPSA) is 44.9 Å². The maximum Gasteiger partial charge on any atom is 0.181 e. The lowest BCUT2D eigenvalue weighted by Gasteiger charge is -2.07. The fourth-order valence-electron chi connectivity index (χ4n) is 1.67. The van der Waals surface area contributed by atoms with Crippen molar-refractivity contribution in [1.82, 2.24) is 10.3 Å². The average molecular weight is 281 g/mol. The summed E-state index contributed by atoms with van der Waals surface area (Å²) in [6.45, 7) is 1.86. The minimum absolute atomic E-state index is 0.107. The molecule has 0 fully saturated rings. The number of hydrogen-bond donors (Lipinski definition) is 2. The molecule has 84 valence electrons. The lowest BCUT2D eigenvalue weighted by molar-refractivity contribution is 0.0956. The van der Waals surface area contributed by atoms with Gasteiger partial charge in [0.25, 0.3) is 0 Å². The molecule has 16 heavy (non-hydrogen) atoms. The first kappa shape index (κ1) is 11.4. The van der Waals surface area contributed by atoms with Crippen LogP contribution in [0.5, 0.6) is 0 Å². The smallest absolute Gasteiger partial charge is 0.181 e. The molecule has 1 atom stereocenters. The molecule has 0 aliphatic heterocycles. The number of carbonyl (C=O) groups excluding carboxylic acids is 1. The molecule has 2 rings (SSSR count). The van der Waals surface area contributed by atoms with E-state index in [0.29, 0.717) is 0 Å². The van der Waals surface area contributed by atoms with Crippen LogP contribution < -0.4 is 5.32 Å². The van der Waals surface area contributed by atoms with Gasteiger partial charge in [-0.3, -0.25) is 4.79 Å². The fourth-order valence-corrected chi connectivity index (χ4v) is 2.03. The number of carbonyl (C=O) groups is 1. The maximum atomic E-state index is 12.0. The van der Waals surface area contributed by atoms with Gasteiger partial charge in [0.2, 0.25) is 0 Å². The predicted octanol–water partition coefficient (Wildman–Crippen LogP) is 2.72. The number of Topliss-reactive ketones (excluding diaryl/α,β-unsaturated/α-hetero) is 1. The Hall–Kier alpha value is -1.13. The van der Waals surface area contributed by atoms with Gasteiger partial charge in [0.1, 0.15) is 0 Å². The van der Waals surface area contributed by atoms with Gasteiger partial charge < -0.3 is 10.3 Å². The lowest BCUT2D eigenvalue weighted by Crippen LogP contribution is -2.30. The number of benzene rings is 1. The van der Waals surface area contributed by atoms with Gasteiger partial charge in [-0.2, -0.15) is 0 Å². The van der Waals surface area contributed by atoms with Crippen molar-refractivity contribution < 1.29 is 4.79 Å². The summed E-state index contributed by atoms with van der Waals surface area (Å²) in [5.74, 6) is 0.107. The molecule has 0 saturated carbocycles. The highest BCUT2D eigenvalue weighted by Gasteiger charge is 2.16. The van der Waals surface area contributed by atoms with Crippen LogP contribution in [-0.2, 0) is 0 Å². The Morgan fingerprint density at radius 3 is 2.94 bits per heavy atom. The molecule has 3 nitrogen and oxygen atoms in total. The first-order chi connectivity index (χ1) is 7.63. The van der Waals surface area contributed by atoms with E-state index in [1.165, 1.54) is 0 Å². The van der Waals surface area contributed by atoms with Crippen LogP contribution in [0.25, 0.3) is 10.9 Å². The zero-order valence-electron chi connectivity index (χ0n) is 9.17. The van der Waals surface area contributed by atoms with Crippen molar-refractivity contribution in [2.45, 2.75) is 13.0 Å². The maximum absolute atomic E-state index is 12.0. The van der Waals surface area contributed by atoms with E-state index in [-0.39, 0.29) is 11.8 Å². The van der Waals surface area contributed by atoms with Crippen molar-refractivity contribution >= 4 is 32.6 Å². The number of rotatable bonds is 3. The molecule has 1 aromatic heterocycles. The SMILES string of the molecule is CNC(C)C(=O)c1c[nH]c2cc(Br)ccc12. The lowest BCUT2D eigenvalue weighted by atomic mass is 10.0. The number of hydrogen-bond acceptors (Lipinski definition) is 2. The molecule has 0 spiro atoms. The quantitative estimate of drug-likeness (QED) is 0.850. The minimum Gasteiger partial charge on any atom is -0.360 e. The van der Waals surface area contributed by atoms with Gasteiger partial charge >= 0.3 is 0 Å². The van der Waals surface area contributed by atoms with Gasteiger partial charge in [-0.1, -0.05) is 22.0 Å². The van der Waals surface area contributed by atoms with Crippen LogP contribution in [-0.4, -0.2) is 23.9 Å². The first-order valence-electron chi connectivity index (χ1n) is 5.11. The molecule has 2 aromatic rings. The monoisotopic (exact) mass is 280 g/mol. The van der Waals surface area contributed by atoms with Crippen molar-refractivity contribution in [3.05, 3.63) is 34.4 Å². The second kappa shape index (κ2) is 4.39. The molecule has 0 aliphatic carbocycles. The number of aromatic nitrogens is 1. The normalized spacial score (nSPS) is 12.9. The summed E-state index contributed by atoms with van der Waals surface area (Å²) in [6.07, 6.45) is 1.77. The fraction of sp³-hybridized carbons (Fsp3) is 0.250. The molecular weight excluding hydrogens is 268 g/mol. The number of fused-ring (bicyclic) bond motifs is 1. The molecule has 0 aliphatic rings. The molecule has 1 aromatic carbocycles. The molecule has 1 heterocycles. The van der Waals surface area contributed by atoms with Crippen molar-refractivity contribution in [2.24, 2.45) is 0 Å². The average Bonchev–Trinajstić information content (AvgIpc) is 2.69. The number of likely N-dealkylation sites (N-methyl/N-ethyl adjacent to an activating group) is 1. The molecule has 0 saturated heterocycles. The summed E-state index contributed by atoms with van der Waals surface area (Å²) in [7, 11) is 1.79. The van der Waals surface area contributed by atoms with Crippen LogP contribution in [0.3, 0.4) is 0 Å². The number of halogens is 1. The molecule has 4 heteroatoms. The number of H-pyrrole nitrogens is 1. The van der Waals surface area contributed by atoms with Gasteiger partial charge in [-0.05, 0) is 26.1 Å². The molecular formula is C12H13BrN2O. The summed E-state index contributed by atoms with van der Waals surface area (Å²) in [6, 6.07) is 5.70. The van der Waals surface area contributed by atoms with Crippen LogP contribution >= 0.6 is 15.9 Å². The number of nitrogens with one attached hydrogen (secondary N) is 2. The molecule has 0 bridgehead atoms. The highest BCUT2D eigenvalue weighted by atomic mass is 79.9. The Bertz CT molecular complexity index is 533. The first-order valence-corrected chi connectivity index (χ1v) is 5.91. The van der Waals surface area contributed by atoms with E-state index in [2.05, 4.69) is 26.2 Å². The molecule has 0 radical (unpaired) electrons. The summed E-state index contributed by atoms with van der Waals surface area (Å²) in [5, 5.41) is 3.92. The number of aromatic amines is 1. The summed E-state index contributed by atoms with van der Waals surface area (Å²) in [4.78, 5) is 15.2. The van der Waals surface area contributed by atoms with Gasteiger partial charge in [-0.15, -0.1) is 0 Å². The number of ketones is 1. The Morgan fingerprint density at radius 1 is 1.50 bits per heavy atom. The van der Waals surface area contributed by atoms with Crippen molar-refractivity contribution in [2.75, 3.05) is 7.05 Å². The van der Waals surface area contributed by atoms with Gasteiger partial charge in [0.15, 0.2) is 5.78 Å². The van der Waals surface area contributed by atoms with E-state index in [9.17, 15) is 4.79 Å². The van der Waals surface area contributed by atoms with E-state index in [4.69, 9.17) is 0 Å². The summed E-state index contributed by atoms with van der Waals surface area (Å²) >= 11 is 3.40. The standard InChI is InChI=1S/C12H13BrN2O/c1-7(14-2)12(16)10-6-15-11-5-8(13)3-4-9(10)11/h3-7,14-15H,1-2H3. The zero-order chi connectivity index (χ0) is 11.7. The largest absolute Gasteiger partial charge is 0.360 e. The summed E-state index contributed by atoms with van der Waals surface area (Å²) < 4.78 is 1.00. The van der Waals surface area contributed by atoms with Gasteiger partial charge in [0.05, 0.1) is 6.04 Å². The Balaban J connectivity index is 2.50.